The van der Waals surface area contributed by atoms with E-state index in [4.69, 9.17) is 9.47 Å². The largest absolute Gasteiger partial charge is 0.505 e. The topological polar surface area (TPSA) is 175 Å². The van der Waals surface area contributed by atoms with Crippen LogP contribution in [0.1, 0.15) is 54.3 Å². The average molecular weight is 943 g/mol. The number of Topliss-reactive ketones (excluding diaryl/α,β-unsaturated/α-hetero) is 4. The number of morpholine rings is 2. The van der Waals surface area contributed by atoms with Crippen molar-refractivity contribution in [3.05, 3.63) is 107 Å². The fourth-order valence-corrected chi connectivity index (χ4v) is 11.8. The highest BCUT2D eigenvalue weighted by molar-refractivity contribution is 6.42. The third-order valence-corrected chi connectivity index (χ3v) is 14.9. The summed E-state index contributed by atoms with van der Waals surface area (Å²) >= 11 is 0. The van der Waals surface area contributed by atoms with Crippen molar-refractivity contribution in [3.8, 4) is 11.5 Å². The number of aromatic hydroxyl groups is 2. The number of carbonyl (C=O) groups excluding carboxylic acids is 4. The van der Waals surface area contributed by atoms with Crippen LogP contribution in [0.25, 0.3) is 87.2 Å². The first-order valence-electron chi connectivity index (χ1n) is 23.6. The van der Waals surface area contributed by atoms with Gasteiger partial charge in [-0.2, -0.15) is 0 Å². The normalized spacial score (nSPS) is 16.9. The third kappa shape index (κ3) is 6.29. The number of para-hydroxylation sites is 2. The summed E-state index contributed by atoms with van der Waals surface area (Å²) in [5, 5.41) is 25.7. The van der Waals surface area contributed by atoms with E-state index in [1.807, 2.05) is 53.1 Å². The molecule has 2 fully saturated rings. The van der Waals surface area contributed by atoms with Crippen LogP contribution in [0.4, 0.5) is 8.78 Å². The molecule has 0 radical (unpaired) electrons. The van der Waals surface area contributed by atoms with E-state index >= 15 is 0 Å². The van der Waals surface area contributed by atoms with E-state index in [0.29, 0.717) is 99.9 Å². The zero-order valence-electron chi connectivity index (χ0n) is 37.7. The van der Waals surface area contributed by atoms with E-state index in [2.05, 4.69) is 24.3 Å². The Morgan fingerprint density at radius 2 is 0.943 bits per heavy atom. The minimum absolute atomic E-state index is 0.190. The number of halogens is 2. The maximum Gasteiger partial charge on any atom is 0.172 e. The fraction of sp³-hybridized carbons (Fsp3) is 0.259. The van der Waals surface area contributed by atoms with Crippen molar-refractivity contribution < 1.29 is 47.6 Å². The number of fused-ring (bicyclic) bond motifs is 20. The number of hydrogen-bond acceptors (Lipinski definition) is 10. The zero-order chi connectivity index (χ0) is 47.7. The van der Waals surface area contributed by atoms with Crippen LogP contribution in [0.15, 0.2) is 72.8 Å². The second-order valence-electron chi connectivity index (χ2n) is 18.7. The van der Waals surface area contributed by atoms with Gasteiger partial charge in [0.05, 0.1) is 72.4 Å². The molecule has 10 aromatic rings. The molecule has 0 atom stereocenters. The van der Waals surface area contributed by atoms with Crippen LogP contribution < -0.4 is 0 Å². The molecule has 352 valence electrons. The second-order valence-corrected chi connectivity index (χ2v) is 18.7. The summed E-state index contributed by atoms with van der Waals surface area (Å²) in [4.78, 5) is 64.1. The number of carbonyl (C=O) groups is 4. The Balaban J connectivity index is 0.000000137. The summed E-state index contributed by atoms with van der Waals surface area (Å²) in [5.74, 6) is -3.35. The smallest absolute Gasteiger partial charge is 0.172 e. The highest BCUT2D eigenvalue weighted by Gasteiger charge is 2.38. The quantitative estimate of drug-likeness (QED) is 0.118. The van der Waals surface area contributed by atoms with Crippen LogP contribution in [-0.2, 0) is 22.6 Å². The number of aromatic amines is 2. The zero-order valence-corrected chi connectivity index (χ0v) is 37.7. The predicted octanol–water partition coefficient (Wildman–Crippen LogP) is 8.75. The van der Waals surface area contributed by atoms with E-state index in [-0.39, 0.29) is 36.0 Å². The van der Waals surface area contributed by atoms with Gasteiger partial charge in [0.15, 0.2) is 46.3 Å². The first kappa shape index (κ1) is 42.6. The molecule has 0 bridgehead atoms. The molecule has 6 heterocycles. The van der Waals surface area contributed by atoms with Crippen LogP contribution in [0.5, 0.6) is 11.5 Å². The minimum atomic E-state index is -0.767. The molecule has 0 spiro atoms. The van der Waals surface area contributed by atoms with Crippen LogP contribution in [-0.4, -0.2) is 128 Å². The molecule has 2 aliphatic heterocycles. The van der Waals surface area contributed by atoms with E-state index in [0.717, 1.165) is 88.4 Å². The number of phenols is 2. The van der Waals surface area contributed by atoms with E-state index in [1.54, 1.807) is 0 Å². The molecule has 2 saturated heterocycles. The number of phenolic OH excluding ortho intramolecular Hbond substituents is 2. The number of nitrogens with zero attached hydrogens (tertiary/aromatic N) is 4. The maximum absolute atomic E-state index is 14.6. The SMILES string of the molecule is O=C1CC(=O)c2c1c1c3cc(F)c(O)cc3[nH]c1c1c2c2ccccc2n1CCN1CCOCC1.O=C1CC(=O)c2c1c1c3ccccc3[nH]c1c1c2c2cc(F)c(O)cc2n1CCN1CCOCC1. The van der Waals surface area contributed by atoms with Crippen LogP contribution >= 0.6 is 0 Å². The third-order valence-electron chi connectivity index (χ3n) is 14.9. The lowest BCUT2D eigenvalue weighted by Crippen LogP contribution is -2.38. The number of aromatic nitrogens is 4. The number of ketones is 4. The fourth-order valence-electron chi connectivity index (χ4n) is 11.8. The van der Waals surface area contributed by atoms with Crippen molar-refractivity contribution in [3.63, 3.8) is 0 Å². The molecule has 4 N–H and O–H groups in total. The molecular formula is C54H44F2N6O8. The van der Waals surface area contributed by atoms with Crippen molar-refractivity contribution in [1.29, 1.82) is 0 Å². The van der Waals surface area contributed by atoms with Gasteiger partial charge in [-0.15, -0.1) is 0 Å². The summed E-state index contributed by atoms with van der Waals surface area (Å²) in [5.41, 5.74) is 7.56. The van der Waals surface area contributed by atoms with Gasteiger partial charge in [-0.1, -0.05) is 36.4 Å². The molecule has 6 aromatic carbocycles. The standard InChI is InChI=1S/2C27H22FN3O4/c28-16-11-15-17(12-19(16)32)29-26-22(15)24-20(33)13-21(34)25(24)23-14-3-1-2-4-18(14)31(27(23)26)6-5-30-7-9-35-10-8-30;28-16-11-15-18(12-19(16)32)31(6-5-30-7-9-35-10-8-30)27-23(15)25-21(34)13-20(33)24(25)22-14-3-1-2-4-17(14)29-26(22)27/h2*1-4,11-12,29,32H,5-10,13H2. The lowest BCUT2D eigenvalue weighted by molar-refractivity contribution is 0.0366. The monoisotopic (exact) mass is 942 g/mol. The van der Waals surface area contributed by atoms with Gasteiger partial charge in [-0.25, -0.2) is 8.78 Å². The molecule has 4 aromatic heterocycles. The van der Waals surface area contributed by atoms with Crippen LogP contribution in [0, 0.1) is 11.6 Å². The summed E-state index contributed by atoms with van der Waals surface area (Å²) < 4.78 is 44.3. The Morgan fingerprint density at radius 3 is 1.54 bits per heavy atom. The van der Waals surface area contributed by atoms with E-state index < -0.39 is 23.1 Å². The summed E-state index contributed by atoms with van der Waals surface area (Å²) in [7, 11) is 0. The highest BCUT2D eigenvalue weighted by Crippen LogP contribution is 2.48. The van der Waals surface area contributed by atoms with Crippen LogP contribution in [0.2, 0.25) is 0 Å². The van der Waals surface area contributed by atoms with Gasteiger partial charge < -0.3 is 38.8 Å². The Morgan fingerprint density at radius 1 is 0.486 bits per heavy atom. The van der Waals surface area contributed by atoms with Gasteiger partial charge in [0.1, 0.15) is 0 Å². The Hall–Kier alpha value is -7.50. The molecular weight excluding hydrogens is 899 g/mol. The van der Waals surface area contributed by atoms with Crippen molar-refractivity contribution in [2.24, 2.45) is 0 Å². The lowest BCUT2D eigenvalue weighted by atomic mass is 9.96. The number of hydrogen-bond donors (Lipinski definition) is 4. The molecule has 16 heteroatoms. The lowest BCUT2D eigenvalue weighted by Gasteiger charge is -2.27. The second kappa shape index (κ2) is 16.0. The summed E-state index contributed by atoms with van der Waals surface area (Å²) in [6.07, 6.45) is -0.381. The molecule has 0 saturated carbocycles. The number of benzene rings is 6. The maximum atomic E-state index is 14.6. The predicted molar refractivity (Wildman–Crippen MR) is 262 cm³/mol. The van der Waals surface area contributed by atoms with Gasteiger partial charge in [0.25, 0.3) is 0 Å². The Bertz CT molecular complexity index is 3960. The van der Waals surface area contributed by atoms with Crippen molar-refractivity contribution in [2.75, 3.05) is 65.7 Å². The van der Waals surface area contributed by atoms with Gasteiger partial charge in [0.2, 0.25) is 0 Å². The first-order chi connectivity index (χ1) is 34.0. The van der Waals surface area contributed by atoms with Gasteiger partial charge >= 0.3 is 0 Å². The summed E-state index contributed by atoms with van der Waals surface area (Å²) in [6.45, 7) is 8.90. The molecule has 0 unspecified atom stereocenters. The van der Waals surface area contributed by atoms with Crippen LogP contribution in [0.3, 0.4) is 0 Å². The number of rotatable bonds is 6. The number of ether oxygens (including phenoxy) is 2. The highest BCUT2D eigenvalue weighted by atomic mass is 19.1. The van der Waals surface area contributed by atoms with Crippen molar-refractivity contribution in [1.82, 2.24) is 28.9 Å². The van der Waals surface area contributed by atoms with E-state index in [1.165, 1.54) is 24.3 Å². The Labute approximate surface area is 395 Å². The average Bonchev–Trinajstić information content (AvgIpc) is 4.20. The van der Waals surface area contributed by atoms with Crippen molar-refractivity contribution in [2.45, 2.75) is 25.9 Å². The van der Waals surface area contributed by atoms with E-state index in [9.17, 15) is 38.2 Å². The van der Waals surface area contributed by atoms with Crippen molar-refractivity contribution >= 4 is 110 Å². The molecule has 2 aliphatic carbocycles. The molecule has 14 rings (SSSR count). The molecule has 0 amide bonds. The molecule has 4 aliphatic rings. The number of H-pyrrole nitrogens is 2. The van der Waals surface area contributed by atoms with Gasteiger partial charge in [-0.05, 0) is 24.3 Å². The Kier molecular flexibility index (Phi) is 9.75. The van der Waals surface area contributed by atoms with Gasteiger partial charge in [0, 0.05) is 141 Å². The first-order valence-corrected chi connectivity index (χ1v) is 23.6. The molecule has 70 heavy (non-hydrogen) atoms. The summed E-state index contributed by atoms with van der Waals surface area (Å²) in [6, 6.07) is 20.9. The molecule has 14 nitrogen and oxygen atoms in total. The minimum Gasteiger partial charge on any atom is -0.505 e. The van der Waals surface area contributed by atoms with Gasteiger partial charge in [-0.3, -0.25) is 29.0 Å². The number of nitrogens with one attached hydrogen (secondary N) is 2.